The van der Waals surface area contributed by atoms with Crippen LogP contribution in [-0.4, -0.2) is 24.2 Å². The largest absolute Gasteiger partial charge is 0.468 e. The minimum atomic E-state index is -0.989. The van der Waals surface area contributed by atoms with Crippen LogP contribution in [0.5, 0.6) is 0 Å². The molecule has 0 aromatic heterocycles. The molecule has 0 spiro atoms. The maximum atomic E-state index is 13.9. The lowest BCUT2D eigenvalue weighted by atomic mass is 10.2. The number of carbonyl (C=O) groups is 2. The number of amides is 1. The molecule has 2 aromatic rings. The fraction of sp³-hybridized carbons (Fsp3) is 0.176. The van der Waals surface area contributed by atoms with Gasteiger partial charge in [-0.15, -0.1) is 11.8 Å². The van der Waals surface area contributed by atoms with Gasteiger partial charge in [-0.1, -0.05) is 6.07 Å². The summed E-state index contributed by atoms with van der Waals surface area (Å²) in [6.07, 6.45) is 0. The smallest absolute Gasteiger partial charge is 0.318 e. The van der Waals surface area contributed by atoms with Gasteiger partial charge in [-0.3, -0.25) is 9.59 Å². The van der Waals surface area contributed by atoms with Crippen LogP contribution in [0.3, 0.4) is 0 Å². The SMILES string of the molecule is COC(=O)C(C)Sc1cc(NC(=O)c2cccc(F)c2)c(F)cc1F. The number of halogens is 3. The van der Waals surface area contributed by atoms with Gasteiger partial charge in [0.1, 0.15) is 22.7 Å². The number of methoxy groups -OCH3 is 1. The molecule has 1 atom stereocenters. The summed E-state index contributed by atoms with van der Waals surface area (Å²) < 4.78 is 45.5. The molecule has 0 fully saturated rings. The average Bonchev–Trinajstić information content (AvgIpc) is 2.58. The molecule has 8 heteroatoms. The summed E-state index contributed by atoms with van der Waals surface area (Å²) in [5, 5.41) is 1.54. The quantitative estimate of drug-likeness (QED) is 0.639. The third-order valence-electron chi connectivity index (χ3n) is 3.19. The molecule has 1 N–H and O–H groups in total. The molecule has 0 saturated carbocycles. The molecule has 132 valence electrons. The molecule has 0 saturated heterocycles. The van der Waals surface area contributed by atoms with Crippen molar-refractivity contribution < 1.29 is 27.5 Å². The first-order valence-electron chi connectivity index (χ1n) is 7.12. The van der Waals surface area contributed by atoms with Crippen molar-refractivity contribution in [3.63, 3.8) is 0 Å². The lowest BCUT2D eigenvalue weighted by molar-refractivity contribution is -0.139. The number of carbonyl (C=O) groups excluding carboxylic acids is 2. The molecule has 2 aromatic carbocycles. The van der Waals surface area contributed by atoms with Gasteiger partial charge in [0.05, 0.1) is 12.8 Å². The van der Waals surface area contributed by atoms with E-state index in [0.29, 0.717) is 6.07 Å². The summed E-state index contributed by atoms with van der Waals surface area (Å²) in [5.41, 5.74) is -0.295. The van der Waals surface area contributed by atoms with Crippen LogP contribution >= 0.6 is 11.8 Å². The highest BCUT2D eigenvalue weighted by atomic mass is 32.2. The van der Waals surface area contributed by atoms with E-state index in [4.69, 9.17) is 0 Å². The van der Waals surface area contributed by atoms with Gasteiger partial charge in [0, 0.05) is 16.5 Å². The van der Waals surface area contributed by atoms with Crippen LogP contribution in [0.2, 0.25) is 0 Å². The van der Waals surface area contributed by atoms with E-state index < -0.39 is 34.6 Å². The maximum Gasteiger partial charge on any atom is 0.318 e. The van der Waals surface area contributed by atoms with Crippen molar-refractivity contribution in [3.05, 3.63) is 59.4 Å². The lowest BCUT2D eigenvalue weighted by Gasteiger charge is -2.12. The summed E-state index contributed by atoms with van der Waals surface area (Å²) in [4.78, 5) is 23.5. The van der Waals surface area contributed by atoms with Crippen molar-refractivity contribution >= 4 is 29.3 Å². The predicted molar refractivity (Wildman–Crippen MR) is 88.0 cm³/mol. The first-order chi connectivity index (χ1) is 11.8. The van der Waals surface area contributed by atoms with Crippen LogP contribution in [0.4, 0.5) is 18.9 Å². The molecule has 25 heavy (non-hydrogen) atoms. The van der Waals surface area contributed by atoms with E-state index in [1.54, 1.807) is 0 Å². The third-order valence-corrected chi connectivity index (χ3v) is 4.31. The fourth-order valence-corrected chi connectivity index (χ4v) is 2.87. The minimum absolute atomic E-state index is 0.0131. The Morgan fingerprint density at radius 1 is 1.12 bits per heavy atom. The second-order valence-corrected chi connectivity index (χ2v) is 6.39. The first kappa shape index (κ1) is 18.9. The lowest BCUT2D eigenvalue weighted by Crippen LogP contribution is -2.16. The molecule has 0 aliphatic carbocycles. The zero-order chi connectivity index (χ0) is 18.6. The second kappa shape index (κ2) is 8.06. The summed E-state index contributed by atoms with van der Waals surface area (Å²) in [5.74, 6) is -3.80. The third kappa shape index (κ3) is 4.76. The van der Waals surface area contributed by atoms with E-state index in [-0.39, 0.29) is 16.1 Å². The van der Waals surface area contributed by atoms with Crippen molar-refractivity contribution in [3.8, 4) is 0 Å². The molecule has 1 unspecified atom stereocenters. The van der Waals surface area contributed by atoms with E-state index in [9.17, 15) is 22.8 Å². The number of ether oxygens (including phenoxy) is 1. The number of hydrogen-bond donors (Lipinski definition) is 1. The Hall–Kier alpha value is -2.48. The molecule has 0 heterocycles. The Bertz CT molecular complexity index is 814. The summed E-state index contributed by atoms with van der Waals surface area (Å²) in [7, 11) is 1.20. The molecule has 0 aliphatic rings. The van der Waals surface area contributed by atoms with Crippen molar-refractivity contribution in [2.24, 2.45) is 0 Å². The fourth-order valence-electron chi connectivity index (χ4n) is 1.94. The molecule has 1 amide bonds. The summed E-state index contributed by atoms with van der Waals surface area (Å²) in [6.45, 7) is 1.50. The molecule has 2 rings (SSSR count). The van der Waals surface area contributed by atoms with Crippen LogP contribution in [0.25, 0.3) is 0 Å². The van der Waals surface area contributed by atoms with E-state index in [0.717, 1.165) is 30.0 Å². The number of nitrogens with one attached hydrogen (secondary N) is 1. The number of anilines is 1. The highest BCUT2D eigenvalue weighted by Crippen LogP contribution is 2.31. The highest BCUT2D eigenvalue weighted by Gasteiger charge is 2.19. The van der Waals surface area contributed by atoms with E-state index in [1.807, 2.05) is 0 Å². The molecular formula is C17H14F3NO3S. The van der Waals surface area contributed by atoms with E-state index in [2.05, 4.69) is 10.1 Å². The Morgan fingerprint density at radius 2 is 1.84 bits per heavy atom. The van der Waals surface area contributed by atoms with Crippen molar-refractivity contribution in [2.75, 3.05) is 12.4 Å². The first-order valence-corrected chi connectivity index (χ1v) is 8.00. The van der Waals surface area contributed by atoms with Gasteiger partial charge in [0.25, 0.3) is 5.91 Å². The van der Waals surface area contributed by atoms with Gasteiger partial charge in [0.15, 0.2) is 0 Å². The van der Waals surface area contributed by atoms with E-state index in [1.165, 1.54) is 26.2 Å². The highest BCUT2D eigenvalue weighted by molar-refractivity contribution is 8.00. The second-order valence-electron chi connectivity index (χ2n) is 5.01. The maximum absolute atomic E-state index is 13.9. The van der Waals surface area contributed by atoms with Crippen molar-refractivity contribution in [1.29, 1.82) is 0 Å². The predicted octanol–water partition coefficient (Wildman–Crippen LogP) is 4.01. The van der Waals surface area contributed by atoms with Crippen molar-refractivity contribution in [1.82, 2.24) is 0 Å². The number of hydrogen-bond acceptors (Lipinski definition) is 4. The molecule has 4 nitrogen and oxygen atoms in total. The standard InChI is InChI=1S/C17H14F3NO3S/c1-9(17(23)24-2)25-15-8-14(12(19)7-13(15)20)21-16(22)10-4-3-5-11(18)6-10/h3-9H,1-2H3,(H,21,22). The number of esters is 1. The number of rotatable bonds is 5. The van der Waals surface area contributed by atoms with Crippen LogP contribution < -0.4 is 5.32 Å². The summed E-state index contributed by atoms with van der Waals surface area (Å²) >= 11 is 0.824. The zero-order valence-electron chi connectivity index (χ0n) is 13.3. The van der Waals surface area contributed by atoms with Crippen molar-refractivity contribution in [2.45, 2.75) is 17.1 Å². The van der Waals surface area contributed by atoms with Crippen LogP contribution in [-0.2, 0) is 9.53 Å². The number of benzene rings is 2. The molecule has 0 aliphatic heterocycles. The normalized spacial score (nSPS) is 11.7. The molecular weight excluding hydrogens is 355 g/mol. The Balaban J connectivity index is 2.24. The Labute approximate surface area is 146 Å². The van der Waals surface area contributed by atoms with Crippen LogP contribution in [0, 0.1) is 17.5 Å². The van der Waals surface area contributed by atoms with Gasteiger partial charge in [-0.2, -0.15) is 0 Å². The molecule has 0 radical (unpaired) electrons. The monoisotopic (exact) mass is 369 g/mol. The van der Waals surface area contributed by atoms with Gasteiger partial charge in [0.2, 0.25) is 0 Å². The van der Waals surface area contributed by atoms with Crippen LogP contribution in [0.15, 0.2) is 41.3 Å². The van der Waals surface area contributed by atoms with Crippen LogP contribution in [0.1, 0.15) is 17.3 Å². The van der Waals surface area contributed by atoms with Gasteiger partial charge in [-0.25, -0.2) is 13.2 Å². The van der Waals surface area contributed by atoms with Gasteiger partial charge < -0.3 is 10.1 Å². The Kier molecular flexibility index (Phi) is 6.08. The minimum Gasteiger partial charge on any atom is -0.468 e. The topological polar surface area (TPSA) is 55.4 Å². The Morgan fingerprint density at radius 3 is 2.48 bits per heavy atom. The van der Waals surface area contributed by atoms with Gasteiger partial charge >= 0.3 is 5.97 Å². The van der Waals surface area contributed by atoms with E-state index >= 15 is 0 Å². The average molecular weight is 369 g/mol. The van der Waals surface area contributed by atoms with Gasteiger partial charge in [-0.05, 0) is 31.2 Å². The number of thioether (sulfide) groups is 1. The summed E-state index contributed by atoms with van der Waals surface area (Å²) in [6, 6.07) is 6.53. The molecule has 0 bridgehead atoms. The zero-order valence-corrected chi connectivity index (χ0v) is 14.1.